The molecule has 1 N–H and O–H groups in total. The van der Waals surface area contributed by atoms with E-state index in [0.29, 0.717) is 16.1 Å². The van der Waals surface area contributed by atoms with Gasteiger partial charge in [0.2, 0.25) is 5.89 Å². The van der Waals surface area contributed by atoms with E-state index in [9.17, 15) is 9.59 Å². The van der Waals surface area contributed by atoms with Crippen molar-refractivity contribution in [3.8, 4) is 11.5 Å². The van der Waals surface area contributed by atoms with Crippen LogP contribution < -0.4 is 10.3 Å². The molecule has 98 valence electrons. The summed E-state index contributed by atoms with van der Waals surface area (Å²) in [6.45, 7) is 0. The molecule has 0 atom stereocenters. The van der Waals surface area contributed by atoms with E-state index in [1.54, 1.807) is 18.2 Å². The van der Waals surface area contributed by atoms with Crippen molar-refractivity contribution in [2.24, 2.45) is 0 Å². The molecule has 1 heterocycles. The fraction of sp³-hybridized carbons (Fsp3) is 0.250. The zero-order valence-corrected chi connectivity index (χ0v) is 11.3. The van der Waals surface area contributed by atoms with Crippen molar-refractivity contribution in [1.29, 1.82) is 0 Å². The van der Waals surface area contributed by atoms with E-state index in [-0.39, 0.29) is 17.8 Å². The topological polar surface area (TPSA) is 72.2 Å². The number of rotatable bonds is 3. The summed E-state index contributed by atoms with van der Waals surface area (Å²) in [6, 6.07) is 5.09. The number of halogens is 1. The first kappa shape index (κ1) is 12.4. The lowest BCUT2D eigenvalue weighted by molar-refractivity contribution is 0.0951. The van der Waals surface area contributed by atoms with Crippen LogP contribution in [0, 0.1) is 0 Å². The maximum atomic E-state index is 12.0. The Morgan fingerprint density at radius 1 is 1.47 bits per heavy atom. The Labute approximate surface area is 117 Å². The Balaban J connectivity index is 1.95. The maximum Gasteiger partial charge on any atom is 0.414 e. The Kier molecular flexibility index (Phi) is 3.12. The number of carbonyl (C=O) groups is 1. The number of aromatic nitrogens is 1. The highest BCUT2D eigenvalue weighted by Gasteiger charge is 2.25. The summed E-state index contributed by atoms with van der Waals surface area (Å²) in [4.78, 5) is 22.5. The van der Waals surface area contributed by atoms with Crippen molar-refractivity contribution in [2.45, 2.75) is 18.9 Å². The summed E-state index contributed by atoms with van der Waals surface area (Å²) in [5, 5.41) is 3.22. The molecule has 0 radical (unpaired) electrons. The highest BCUT2D eigenvalue weighted by Crippen LogP contribution is 2.25. The molecule has 1 saturated carbocycles. The van der Waals surface area contributed by atoms with Gasteiger partial charge in [-0.15, -0.1) is 4.37 Å². The Bertz CT molecular complexity index is 690. The summed E-state index contributed by atoms with van der Waals surface area (Å²) in [5.74, 6) is -0.0148. The molecule has 0 aliphatic heterocycles. The van der Waals surface area contributed by atoms with E-state index >= 15 is 0 Å². The van der Waals surface area contributed by atoms with Gasteiger partial charge in [0.05, 0.1) is 22.1 Å². The molecular weight excluding hydrogens is 288 g/mol. The van der Waals surface area contributed by atoms with E-state index in [4.69, 9.17) is 16.0 Å². The van der Waals surface area contributed by atoms with E-state index in [1.165, 1.54) is 0 Å². The van der Waals surface area contributed by atoms with Gasteiger partial charge in [0.25, 0.3) is 5.91 Å². The largest absolute Gasteiger partial charge is 0.414 e. The molecule has 2 aromatic rings. The van der Waals surface area contributed by atoms with Crippen molar-refractivity contribution < 1.29 is 9.21 Å². The molecule has 5 nitrogen and oxygen atoms in total. The Hall–Kier alpha value is -1.66. The predicted octanol–water partition coefficient (Wildman–Crippen LogP) is 2.31. The van der Waals surface area contributed by atoms with E-state index < -0.39 is 4.94 Å². The fourth-order valence-corrected chi connectivity index (χ4v) is 2.25. The monoisotopic (exact) mass is 296 g/mol. The molecule has 3 rings (SSSR count). The van der Waals surface area contributed by atoms with Crippen LogP contribution in [0.2, 0.25) is 5.02 Å². The highest BCUT2D eigenvalue weighted by atomic mass is 35.5. The number of amides is 1. The van der Waals surface area contributed by atoms with Crippen LogP contribution in [0.15, 0.2) is 27.4 Å². The van der Waals surface area contributed by atoms with Crippen molar-refractivity contribution in [2.75, 3.05) is 0 Å². The molecule has 1 fully saturated rings. The first-order valence-corrected chi connectivity index (χ1v) is 6.86. The summed E-state index contributed by atoms with van der Waals surface area (Å²) in [7, 11) is 0. The maximum absolute atomic E-state index is 12.0. The molecule has 1 amide bonds. The van der Waals surface area contributed by atoms with Gasteiger partial charge < -0.3 is 9.73 Å². The zero-order chi connectivity index (χ0) is 13.4. The summed E-state index contributed by atoms with van der Waals surface area (Å²) >= 11 is 6.75. The van der Waals surface area contributed by atoms with E-state index in [0.717, 1.165) is 24.4 Å². The van der Waals surface area contributed by atoms with Gasteiger partial charge in [-0.1, -0.05) is 11.6 Å². The minimum absolute atomic E-state index is 0.201. The van der Waals surface area contributed by atoms with Gasteiger partial charge in [-0.25, -0.2) is 4.79 Å². The lowest BCUT2D eigenvalue weighted by Gasteiger charge is -2.06. The number of benzene rings is 1. The lowest BCUT2D eigenvalue weighted by Crippen LogP contribution is -2.25. The standard InChI is InChI=1S/C12H9ClN2O3S/c13-9-4-1-6(11-15-19-12(17)18-11)5-8(9)10(16)14-7-2-3-7/h1,4-5,7H,2-3H2,(H,14,16). The van der Waals surface area contributed by atoms with Crippen molar-refractivity contribution in [3.63, 3.8) is 0 Å². The molecule has 0 saturated heterocycles. The van der Waals surface area contributed by atoms with Gasteiger partial charge in [-0.2, -0.15) is 0 Å². The fourth-order valence-electron chi connectivity index (χ4n) is 1.63. The Morgan fingerprint density at radius 3 is 2.89 bits per heavy atom. The normalized spacial score (nSPS) is 14.4. The molecule has 1 aliphatic rings. The minimum Gasteiger partial charge on any atom is -0.394 e. The van der Waals surface area contributed by atoms with Gasteiger partial charge in [0, 0.05) is 11.6 Å². The highest BCUT2D eigenvalue weighted by molar-refractivity contribution is 7.02. The van der Waals surface area contributed by atoms with E-state index in [1.807, 2.05) is 0 Å². The van der Waals surface area contributed by atoms with Gasteiger partial charge in [-0.3, -0.25) is 4.79 Å². The molecule has 1 aliphatic carbocycles. The SMILES string of the molecule is O=C(NC1CC1)c1cc(-c2nsc(=O)o2)ccc1Cl. The van der Waals surface area contributed by atoms with Crippen LogP contribution in [0.4, 0.5) is 0 Å². The first-order chi connectivity index (χ1) is 9.13. The summed E-state index contributed by atoms with van der Waals surface area (Å²) in [5.41, 5.74) is 0.922. The smallest absolute Gasteiger partial charge is 0.394 e. The van der Waals surface area contributed by atoms with Crippen LogP contribution in [-0.4, -0.2) is 16.3 Å². The van der Waals surface area contributed by atoms with Gasteiger partial charge in [-0.05, 0) is 31.0 Å². The average Bonchev–Trinajstić information content (AvgIpc) is 3.09. The van der Waals surface area contributed by atoms with Crippen molar-refractivity contribution in [1.82, 2.24) is 9.69 Å². The molecule has 7 heteroatoms. The number of nitrogens with zero attached hydrogens (tertiary/aromatic N) is 1. The van der Waals surface area contributed by atoms with Crippen molar-refractivity contribution in [3.05, 3.63) is 38.5 Å². The van der Waals surface area contributed by atoms with E-state index in [2.05, 4.69) is 9.69 Å². The van der Waals surface area contributed by atoms with Gasteiger partial charge >= 0.3 is 4.94 Å². The molecule has 1 aromatic heterocycles. The Morgan fingerprint density at radius 2 is 2.26 bits per heavy atom. The van der Waals surface area contributed by atoms with Crippen LogP contribution in [0.1, 0.15) is 23.2 Å². The average molecular weight is 297 g/mol. The van der Waals surface area contributed by atoms with Crippen LogP contribution >= 0.6 is 23.1 Å². The molecule has 0 bridgehead atoms. The van der Waals surface area contributed by atoms with Crippen LogP contribution in [0.3, 0.4) is 0 Å². The molecule has 1 aromatic carbocycles. The predicted molar refractivity (Wildman–Crippen MR) is 71.6 cm³/mol. The molecule has 0 spiro atoms. The van der Waals surface area contributed by atoms with Gasteiger partial charge in [0.1, 0.15) is 0 Å². The number of hydrogen-bond acceptors (Lipinski definition) is 5. The number of nitrogens with one attached hydrogen (secondary N) is 1. The lowest BCUT2D eigenvalue weighted by atomic mass is 10.1. The summed E-state index contributed by atoms with van der Waals surface area (Å²) in [6.07, 6.45) is 2.01. The third-order valence-electron chi connectivity index (χ3n) is 2.75. The quantitative estimate of drug-likeness (QED) is 0.943. The van der Waals surface area contributed by atoms with Gasteiger partial charge in [0.15, 0.2) is 0 Å². The third kappa shape index (κ3) is 2.69. The molecule has 19 heavy (non-hydrogen) atoms. The van der Waals surface area contributed by atoms with Crippen LogP contribution in [-0.2, 0) is 0 Å². The minimum atomic E-state index is -0.478. The third-order valence-corrected chi connectivity index (χ3v) is 3.57. The second kappa shape index (κ2) is 4.79. The van der Waals surface area contributed by atoms with Crippen LogP contribution in [0.5, 0.6) is 0 Å². The zero-order valence-electron chi connectivity index (χ0n) is 9.68. The first-order valence-electron chi connectivity index (χ1n) is 5.71. The number of hydrogen-bond donors (Lipinski definition) is 1. The second-order valence-corrected chi connectivity index (χ2v) is 5.39. The van der Waals surface area contributed by atoms with Crippen molar-refractivity contribution >= 4 is 29.0 Å². The second-order valence-electron chi connectivity index (χ2n) is 4.28. The van der Waals surface area contributed by atoms with Crippen LogP contribution in [0.25, 0.3) is 11.5 Å². The number of carbonyl (C=O) groups excluding carboxylic acids is 1. The molecule has 0 unspecified atom stereocenters. The summed E-state index contributed by atoms with van der Waals surface area (Å²) < 4.78 is 8.79. The molecular formula is C12H9ClN2O3S.